The van der Waals surface area contributed by atoms with Crippen LogP contribution < -0.4 is 5.73 Å². The predicted octanol–water partition coefficient (Wildman–Crippen LogP) is 0.0782. The third kappa shape index (κ3) is 3.49. The Labute approximate surface area is 104 Å². The average Bonchev–Trinajstić information content (AvgIpc) is 2.28. The molecule has 0 heterocycles. The molecule has 0 aliphatic heterocycles. The van der Waals surface area contributed by atoms with Crippen molar-refractivity contribution < 1.29 is 18.4 Å². The van der Waals surface area contributed by atoms with E-state index in [4.69, 9.17) is 10.8 Å². The van der Waals surface area contributed by atoms with Crippen LogP contribution in [0.4, 0.5) is 5.69 Å². The number of benzene rings is 1. The van der Waals surface area contributed by atoms with Crippen molar-refractivity contribution in [1.29, 1.82) is 0 Å². The van der Waals surface area contributed by atoms with Gasteiger partial charge in [0.05, 0.1) is 10.7 Å². The van der Waals surface area contributed by atoms with Gasteiger partial charge in [0.1, 0.15) is 4.90 Å². The second kappa shape index (κ2) is 5.89. The topological polar surface area (TPSA) is 124 Å². The highest BCUT2D eigenvalue weighted by Crippen LogP contribution is 2.24. The number of aliphatic hydroxyl groups is 1. The number of rotatable bonds is 6. The molecular formula is C10H14N2O5S. The molecule has 0 spiro atoms. The zero-order valence-corrected chi connectivity index (χ0v) is 10.3. The molecule has 3 N–H and O–H groups in total. The largest absolute Gasteiger partial charge is 0.396 e. The van der Waals surface area contributed by atoms with E-state index < -0.39 is 32.2 Å². The number of aliphatic hydroxyl groups excluding tert-OH is 1. The molecule has 1 aromatic rings. The number of nitro benzene ring substituents is 1. The predicted molar refractivity (Wildman–Crippen MR) is 64.8 cm³/mol. The molecule has 8 heteroatoms. The maximum absolute atomic E-state index is 12.0. The van der Waals surface area contributed by atoms with E-state index in [0.29, 0.717) is 0 Å². The first-order valence-electron chi connectivity index (χ1n) is 5.21. The van der Waals surface area contributed by atoms with Crippen LogP contribution in [0.25, 0.3) is 0 Å². The maximum Gasteiger partial charge on any atom is 0.287 e. The lowest BCUT2D eigenvalue weighted by molar-refractivity contribution is -0.387. The van der Waals surface area contributed by atoms with Crippen LogP contribution in [-0.2, 0) is 9.84 Å². The summed E-state index contributed by atoms with van der Waals surface area (Å²) in [5, 5.41) is 19.4. The van der Waals surface area contributed by atoms with Gasteiger partial charge in [0.2, 0.25) is 0 Å². The quantitative estimate of drug-likeness (QED) is 0.559. The summed E-state index contributed by atoms with van der Waals surface area (Å²) in [6.45, 7) is -0.229. The van der Waals surface area contributed by atoms with E-state index in [1.54, 1.807) is 0 Å². The van der Waals surface area contributed by atoms with E-state index in [2.05, 4.69) is 0 Å². The summed E-state index contributed by atoms with van der Waals surface area (Å²) in [6, 6.07) is 4.37. The highest BCUT2D eigenvalue weighted by atomic mass is 32.2. The summed E-state index contributed by atoms with van der Waals surface area (Å²) < 4.78 is 24.0. The molecule has 1 unspecified atom stereocenters. The molecule has 0 amide bonds. The standard InChI is InChI=1S/C10H14N2O5S/c11-8(5-6-13)7-18(16,17)10-4-2-1-3-9(10)12(14)15/h1-4,8,13H,5-7,11H2. The summed E-state index contributed by atoms with van der Waals surface area (Å²) in [4.78, 5) is 9.66. The Morgan fingerprint density at radius 1 is 1.39 bits per heavy atom. The van der Waals surface area contributed by atoms with Gasteiger partial charge in [-0.1, -0.05) is 12.1 Å². The van der Waals surface area contributed by atoms with Gasteiger partial charge in [-0.15, -0.1) is 0 Å². The minimum absolute atomic E-state index is 0.125. The van der Waals surface area contributed by atoms with Gasteiger partial charge in [0.25, 0.3) is 5.69 Å². The fraction of sp³-hybridized carbons (Fsp3) is 0.400. The first kappa shape index (κ1) is 14.6. The molecule has 1 rings (SSSR count). The van der Waals surface area contributed by atoms with Gasteiger partial charge < -0.3 is 10.8 Å². The number of hydrogen-bond acceptors (Lipinski definition) is 6. The summed E-state index contributed by atoms with van der Waals surface area (Å²) in [6.07, 6.45) is 0.125. The Morgan fingerprint density at radius 2 is 2.00 bits per heavy atom. The first-order valence-corrected chi connectivity index (χ1v) is 6.86. The molecule has 0 radical (unpaired) electrons. The van der Waals surface area contributed by atoms with E-state index in [0.717, 1.165) is 6.07 Å². The summed E-state index contributed by atoms with van der Waals surface area (Å²) in [5.41, 5.74) is 5.06. The van der Waals surface area contributed by atoms with E-state index in [-0.39, 0.29) is 17.9 Å². The van der Waals surface area contributed by atoms with Crippen LogP contribution in [0.15, 0.2) is 29.2 Å². The molecule has 0 bridgehead atoms. The van der Waals surface area contributed by atoms with Crippen molar-refractivity contribution in [2.45, 2.75) is 17.4 Å². The van der Waals surface area contributed by atoms with Gasteiger partial charge in [-0.3, -0.25) is 10.1 Å². The molecule has 18 heavy (non-hydrogen) atoms. The zero-order valence-electron chi connectivity index (χ0n) is 9.52. The molecular weight excluding hydrogens is 260 g/mol. The molecule has 1 aromatic carbocycles. The van der Waals surface area contributed by atoms with Crippen molar-refractivity contribution >= 4 is 15.5 Å². The Hall–Kier alpha value is -1.51. The third-order valence-electron chi connectivity index (χ3n) is 2.33. The molecule has 100 valence electrons. The molecule has 0 fully saturated rings. The van der Waals surface area contributed by atoms with Gasteiger partial charge in [0, 0.05) is 18.7 Å². The van der Waals surface area contributed by atoms with Gasteiger partial charge >= 0.3 is 0 Å². The molecule has 7 nitrogen and oxygen atoms in total. The molecule has 0 saturated heterocycles. The van der Waals surface area contributed by atoms with Crippen molar-refractivity contribution in [3.63, 3.8) is 0 Å². The number of nitrogens with zero attached hydrogens (tertiary/aromatic N) is 1. The second-order valence-electron chi connectivity index (χ2n) is 3.78. The van der Waals surface area contributed by atoms with Crippen LogP contribution in [-0.4, -0.2) is 36.8 Å². The molecule has 0 saturated carbocycles. The molecule has 0 aliphatic rings. The number of hydrogen-bond donors (Lipinski definition) is 2. The number of nitrogens with two attached hydrogens (primary N) is 1. The van der Waals surface area contributed by atoms with Gasteiger partial charge in [-0.05, 0) is 12.5 Å². The van der Waals surface area contributed by atoms with E-state index in [9.17, 15) is 18.5 Å². The minimum atomic E-state index is -3.84. The fourth-order valence-corrected chi connectivity index (χ4v) is 3.15. The van der Waals surface area contributed by atoms with Crippen molar-refractivity contribution in [1.82, 2.24) is 0 Å². The average molecular weight is 274 g/mol. The van der Waals surface area contributed by atoms with Crippen molar-refractivity contribution in [3.8, 4) is 0 Å². The Balaban J connectivity index is 3.09. The summed E-state index contributed by atoms with van der Waals surface area (Å²) in [7, 11) is -3.84. The number of sulfone groups is 1. The SMILES string of the molecule is NC(CCO)CS(=O)(=O)c1ccccc1[N+](=O)[O-]. The normalized spacial score (nSPS) is 13.2. The van der Waals surface area contributed by atoms with Crippen molar-refractivity contribution in [2.75, 3.05) is 12.4 Å². The fourth-order valence-electron chi connectivity index (χ4n) is 1.49. The monoisotopic (exact) mass is 274 g/mol. The molecule has 1 atom stereocenters. The van der Waals surface area contributed by atoms with Crippen LogP contribution in [0.1, 0.15) is 6.42 Å². The lowest BCUT2D eigenvalue weighted by Gasteiger charge is -2.10. The van der Waals surface area contributed by atoms with E-state index in [1.165, 1.54) is 18.2 Å². The Bertz CT molecular complexity index is 529. The van der Waals surface area contributed by atoms with Crippen LogP contribution in [0.2, 0.25) is 0 Å². The first-order chi connectivity index (χ1) is 8.38. The lowest BCUT2D eigenvalue weighted by atomic mass is 10.3. The van der Waals surface area contributed by atoms with Gasteiger partial charge in [-0.2, -0.15) is 0 Å². The second-order valence-corrected chi connectivity index (χ2v) is 5.78. The van der Waals surface area contributed by atoms with Crippen LogP contribution in [0, 0.1) is 10.1 Å². The zero-order chi connectivity index (χ0) is 13.8. The van der Waals surface area contributed by atoms with Gasteiger partial charge in [-0.25, -0.2) is 8.42 Å². The third-order valence-corrected chi connectivity index (χ3v) is 4.21. The number of nitro groups is 1. The molecule has 0 aromatic heterocycles. The highest BCUT2D eigenvalue weighted by molar-refractivity contribution is 7.91. The van der Waals surface area contributed by atoms with Crippen LogP contribution >= 0.6 is 0 Å². The van der Waals surface area contributed by atoms with Crippen LogP contribution in [0.5, 0.6) is 0 Å². The van der Waals surface area contributed by atoms with Crippen molar-refractivity contribution in [2.24, 2.45) is 5.73 Å². The minimum Gasteiger partial charge on any atom is -0.396 e. The Morgan fingerprint density at radius 3 is 2.56 bits per heavy atom. The van der Waals surface area contributed by atoms with Crippen LogP contribution in [0.3, 0.4) is 0 Å². The summed E-state index contributed by atoms with van der Waals surface area (Å²) >= 11 is 0. The maximum atomic E-state index is 12.0. The van der Waals surface area contributed by atoms with E-state index in [1.807, 2.05) is 0 Å². The van der Waals surface area contributed by atoms with Crippen molar-refractivity contribution in [3.05, 3.63) is 34.4 Å². The molecule has 0 aliphatic carbocycles. The lowest BCUT2D eigenvalue weighted by Crippen LogP contribution is -2.30. The number of para-hydroxylation sites is 1. The highest BCUT2D eigenvalue weighted by Gasteiger charge is 2.26. The smallest absolute Gasteiger partial charge is 0.287 e. The van der Waals surface area contributed by atoms with Gasteiger partial charge in [0.15, 0.2) is 9.84 Å². The summed E-state index contributed by atoms with van der Waals surface area (Å²) in [5.74, 6) is -0.432. The Kier molecular flexibility index (Phi) is 4.76. The van der Waals surface area contributed by atoms with E-state index >= 15 is 0 Å².